The van der Waals surface area contributed by atoms with Crippen molar-refractivity contribution in [3.63, 3.8) is 0 Å². The molecule has 0 aliphatic carbocycles. The van der Waals surface area contributed by atoms with Crippen LogP contribution in [-0.4, -0.2) is 11.5 Å². The summed E-state index contributed by atoms with van der Waals surface area (Å²) in [5.74, 6) is 0. The fourth-order valence-electron chi connectivity index (χ4n) is 2.64. The van der Waals surface area contributed by atoms with Gasteiger partial charge in [-0.2, -0.15) is 0 Å². The molecule has 0 saturated carbocycles. The predicted octanol–water partition coefficient (Wildman–Crippen LogP) is 5.48. The summed E-state index contributed by atoms with van der Waals surface area (Å²) in [4.78, 5) is 4.71. The van der Waals surface area contributed by atoms with Crippen LogP contribution in [0.2, 0.25) is 10.0 Å². The molecular weight excluding hydrogens is 323 g/mol. The summed E-state index contributed by atoms with van der Waals surface area (Å²) in [6, 6.07) is 7.93. The van der Waals surface area contributed by atoms with Gasteiger partial charge in [-0.3, -0.25) is 0 Å². The second-order valence-electron chi connectivity index (χ2n) is 5.01. The van der Waals surface area contributed by atoms with E-state index in [4.69, 9.17) is 28.9 Å². The molecule has 1 aromatic carbocycles. The Labute approximate surface area is 137 Å². The van der Waals surface area contributed by atoms with Crippen molar-refractivity contribution >= 4 is 45.4 Å². The maximum absolute atomic E-state index is 6.43. The smallest absolute Gasteiger partial charge is 0.0599 e. The highest BCUT2D eigenvalue weighted by atomic mass is 35.5. The van der Waals surface area contributed by atoms with E-state index in [9.17, 15) is 0 Å². The molecule has 0 bridgehead atoms. The highest BCUT2D eigenvalue weighted by Crippen LogP contribution is 2.38. The third-order valence-electron chi connectivity index (χ3n) is 3.57. The molecule has 3 rings (SSSR count). The summed E-state index contributed by atoms with van der Waals surface area (Å²) in [5.41, 5.74) is 9.03. The number of nitrogens with two attached hydrogens (primary N) is 1. The molecular formula is C16H16Cl2N2S. The van der Waals surface area contributed by atoms with Crippen LogP contribution in [0, 0.1) is 0 Å². The third kappa shape index (κ3) is 2.97. The van der Waals surface area contributed by atoms with Crippen molar-refractivity contribution in [2.75, 3.05) is 6.54 Å². The first-order valence-corrected chi connectivity index (χ1v) is 8.58. The molecule has 2 nitrogen and oxygen atoms in total. The largest absolute Gasteiger partial charge is 0.354 e. The molecule has 5 heteroatoms. The van der Waals surface area contributed by atoms with Crippen LogP contribution in [0.15, 0.2) is 29.6 Å². The topological polar surface area (TPSA) is 41.8 Å². The Morgan fingerprint density at radius 3 is 2.76 bits per heavy atom. The van der Waals surface area contributed by atoms with Crippen LogP contribution in [0.3, 0.4) is 0 Å². The lowest BCUT2D eigenvalue weighted by Crippen LogP contribution is -1.99. The normalized spacial score (nSPS) is 11.4. The first kappa shape index (κ1) is 14.9. The molecule has 0 spiro atoms. The van der Waals surface area contributed by atoms with Crippen molar-refractivity contribution in [3.8, 4) is 10.6 Å². The number of hydrogen-bond acceptors (Lipinski definition) is 2. The molecule has 2 heterocycles. The number of benzene rings is 1. The Morgan fingerprint density at radius 2 is 2.05 bits per heavy atom. The van der Waals surface area contributed by atoms with Gasteiger partial charge < -0.3 is 10.7 Å². The van der Waals surface area contributed by atoms with Crippen molar-refractivity contribution in [2.24, 2.45) is 5.73 Å². The number of rotatable bonds is 5. The van der Waals surface area contributed by atoms with Gasteiger partial charge in [0.1, 0.15) is 0 Å². The van der Waals surface area contributed by atoms with E-state index in [1.807, 2.05) is 12.1 Å². The highest BCUT2D eigenvalue weighted by molar-refractivity contribution is 7.13. The van der Waals surface area contributed by atoms with E-state index in [1.54, 1.807) is 11.3 Å². The molecule has 0 amide bonds. The summed E-state index contributed by atoms with van der Waals surface area (Å²) < 4.78 is 0. The lowest BCUT2D eigenvalue weighted by molar-refractivity contribution is 0.748. The van der Waals surface area contributed by atoms with E-state index < -0.39 is 0 Å². The zero-order valence-corrected chi connectivity index (χ0v) is 13.8. The second kappa shape index (κ2) is 6.41. The number of unbranched alkanes of at least 4 members (excludes halogenated alkanes) is 1. The average Bonchev–Trinajstić information content (AvgIpc) is 3.06. The third-order valence-corrected chi connectivity index (χ3v) is 4.97. The van der Waals surface area contributed by atoms with E-state index >= 15 is 0 Å². The van der Waals surface area contributed by atoms with Gasteiger partial charge in [-0.05, 0) is 54.9 Å². The van der Waals surface area contributed by atoms with Gasteiger partial charge in [-0.15, -0.1) is 11.3 Å². The fraction of sp³-hybridized carbons (Fsp3) is 0.250. The molecule has 0 aliphatic rings. The number of H-pyrrole nitrogens is 1. The zero-order valence-electron chi connectivity index (χ0n) is 11.5. The van der Waals surface area contributed by atoms with Crippen molar-refractivity contribution in [2.45, 2.75) is 19.3 Å². The molecule has 0 fully saturated rings. The molecule has 21 heavy (non-hydrogen) atoms. The first-order chi connectivity index (χ1) is 10.2. The summed E-state index contributed by atoms with van der Waals surface area (Å²) >= 11 is 14.3. The van der Waals surface area contributed by atoms with Crippen LogP contribution in [-0.2, 0) is 6.42 Å². The lowest BCUT2D eigenvalue weighted by atomic mass is 10.0. The van der Waals surface area contributed by atoms with Crippen molar-refractivity contribution in [1.29, 1.82) is 0 Å². The standard InChI is InChI=1S/C16H16Cl2N2S/c17-10-8-12(18)15-11(4-1-2-6-19)16(20-13(15)9-10)14-5-3-7-21-14/h3,5,7-9,20H,1-2,4,6,19H2. The Hall–Kier alpha value is -1.000. The number of thiophene rings is 1. The predicted molar refractivity (Wildman–Crippen MR) is 93.6 cm³/mol. The minimum atomic E-state index is 0.653. The number of aryl methyl sites for hydroxylation is 1. The molecule has 0 saturated heterocycles. The van der Waals surface area contributed by atoms with Gasteiger partial charge in [-0.25, -0.2) is 0 Å². The average molecular weight is 339 g/mol. The molecule has 0 radical (unpaired) electrons. The number of halogens is 2. The monoisotopic (exact) mass is 338 g/mol. The summed E-state index contributed by atoms with van der Waals surface area (Å²) in [7, 11) is 0. The summed E-state index contributed by atoms with van der Waals surface area (Å²) in [6.45, 7) is 0.719. The fourth-order valence-corrected chi connectivity index (χ4v) is 4.00. The van der Waals surface area contributed by atoms with Crippen LogP contribution < -0.4 is 5.73 Å². The summed E-state index contributed by atoms with van der Waals surface area (Å²) in [6.07, 6.45) is 3.04. The summed E-state index contributed by atoms with van der Waals surface area (Å²) in [5, 5.41) is 4.53. The number of hydrogen-bond donors (Lipinski definition) is 2. The van der Waals surface area contributed by atoms with E-state index in [2.05, 4.69) is 22.5 Å². The van der Waals surface area contributed by atoms with Gasteiger partial charge in [0.25, 0.3) is 0 Å². The number of fused-ring (bicyclic) bond motifs is 1. The quantitative estimate of drug-likeness (QED) is 0.594. The Balaban J connectivity index is 2.16. The molecule has 0 aliphatic heterocycles. The molecule has 3 aromatic rings. The SMILES string of the molecule is NCCCCc1c(-c2cccs2)[nH]c2cc(Cl)cc(Cl)c12. The zero-order chi connectivity index (χ0) is 14.8. The van der Waals surface area contributed by atoms with E-state index in [-0.39, 0.29) is 0 Å². The minimum absolute atomic E-state index is 0.653. The van der Waals surface area contributed by atoms with Gasteiger partial charge in [0, 0.05) is 15.9 Å². The minimum Gasteiger partial charge on any atom is -0.354 e. The first-order valence-electron chi connectivity index (χ1n) is 6.94. The Bertz CT molecular complexity index is 747. The van der Waals surface area contributed by atoms with E-state index in [1.165, 1.54) is 10.4 Å². The van der Waals surface area contributed by atoms with Crippen molar-refractivity contribution in [3.05, 3.63) is 45.3 Å². The van der Waals surface area contributed by atoms with Crippen LogP contribution in [0.1, 0.15) is 18.4 Å². The van der Waals surface area contributed by atoms with Gasteiger partial charge in [-0.1, -0.05) is 29.3 Å². The Morgan fingerprint density at radius 1 is 1.19 bits per heavy atom. The van der Waals surface area contributed by atoms with E-state index in [0.29, 0.717) is 10.0 Å². The maximum atomic E-state index is 6.43. The lowest BCUT2D eigenvalue weighted by Gasteiger charge is -2.04. The molecule has 3 N–H and O–H groups in total. The van der Waals surface area contributed by atoms with Gasteiger partial charge in [0.05, 0.1) is 15.6 Å². The van der Waals surface area contributed by atoms with Crippen molar-refractivity contribution in [1.82, 2.24) is 4.98 Å². The van der Waals surface area contributed by atoms with Gasteiger partial charge >= 0.3 is 0 Å². The van der Waals surface area contributed by atoms with Crippen LogP contribution in [0.4, 0.5) is 0 Å². The molecule has 110 valence electrons. The maximum Gasteiger partial charge on any atom is 0.0599 e. The van der Waals surface area contributed by atoms with Crippen LogP contribution in [0.25, 0.3) is 21.5 Å². The van der Waals surface area contributed by atoms with E-state index in [0.717, 1.165) is 42.4 Å². The highest BCUT2D eigenvalue weighted by Gasteiger charge is 2.16. The molecule has 0 atom stereocenters. The number of aromatic nitrogens is 1. The van der Waals surface area contributed by atoms with Crippen molar-refractivity contribution < 1.29 is 0 Å². The number of aromatic amines is 1. The Kier molecular flexibility index (Phi) is 4.55. The molecule has 2 aromatic heterocycles. The van der Waals surface area contributed by atoms with Crippen LogP contribution >= 0.6 is 34.5 Å². The van der Waals surface area contributed by atoms with Crippen LogP contribution in [0.5, 0.6) is 0 Å². The van der Waals surface area contributed by atoms with Gasteiger partial charge in [0.2, 0.25) is 0 Å². The molecule has 0 unspecified atom stereocenters. The van der Waals surface area contributed by atoms with Gasteiger partial charge in [0.15, 0.2) is 0 Å². The second-order valence-corrected chi connectivity index (χ2v) is 6.80. The number of nitrogens with one attached hydrogen (secondary N) is 1.